The van der Waals surface area contributed by atoms with Crippen LogP contribution in [0.4, 0.5) is 0 Å². The van der Waals surface area contributed by atoms with Gasteiger partial charge in [0.15, 0.2) is 0 Å². The number of hydrogen-bond donors (Lipinski definition) is 1. The van der Waals surface area contributed by atoms with Gasteiger partial charge in [-0.15, -0.1) is 0 Å². The van der Waals surface area contributed by atoms with E-state index < -0.39 is 0 Å². The predicted molar refractivity (Wildman–Crippen MR) is 86.4 cm³/mol. The van der Waals surface area contributed by atoms with Crippen molar-refractivity contribution in [2.45, 2.75) is 6.54 Å². The molecule has 1 N–H and O–H groups in total. The lowest BCUT2D eigenvalue weighted by Gasteiger charge is -2.33. The van der Waals surface area contributed by atoms with Crippen molar-refractivity contribution in [1.82, 2.24) is 19.8 Å². The van der Waals surface area contributed by atoms with Gasteiger partial charge in [-0.05, 0) is 12.1 Å². The number of aromatic nitrogens is 2. The number of benzene rings is 1. The zero-order chi connectivity index (χ0) is 16.2. The smallest absolute Gasteiger partial charge is 0.319 e. The highest BCUT2D eigenvalue weighted by molar-refractivity contribution is 5.76. The Hall–Kier alpha value is -2.12. The summed E-state index contributed by atoms with van der Waals surface area (Å²) in [6.45, 7) is 4.71. The summed E-state index contributed by atoms with van der Waals surface area (Å²) >= 11 is 0. The number of nitrogens with zero attached hydrogens (tertiary/aromatic N) is 3. The molecule has 0 bridgehead atoms. The molecule has 0 amide bonds. The normalized spacial score (nSPS) is 16.6. The van der Waals surface area contributed by atoms with Crippen LogP contribution in [0.3, 0.4) is 0 Å². The molecule has 1 fully saturated rings. The first-order chi connectivity index (χ1) is 11.2. The number of nitrogens with one attached hydrogen (secondary N) is 1. The molecular formula is C16H22N4O3. The monoisotopic (exact) mass is 318 g/mol. The van der Waals surface area contributed by atoms with Gasteiger partial charge in [-0.25, -0.2) is 4.98 Å². The molecule has 2 aromatic rings. The summed E-state index contributed by atoms with van der Waals surface area (Å²) < 4.78 is 9.94. The molecular weight excluding hydrogens is 296 g/mol. The number of H-pyrrole nitrogens is 1. The van der Waals surface area contributed by atoms with Crippen molar-refractivity contribution in [1.29, 1.82) is 0 Å². The first-order valence-corrected chi connectivity index (χ1v) is 7.72. The van der Waals surface area contributed by atoms with E-state index in [2.05, 4.69) is 19.8 Å². The second-order valence-corrected chi connectivity index (χ2v) is 5.70. The molecule has 0 spiro atoms. The lowest BCUT2D eigenvalue weighted by Crippen LogP contribution is -2.47. The maximum atomic E-state index is 11.3. The molecule has 124 valence electrons. The van der Waals surface area contributed by atoms with Crippen LogP contribution in [0, 0.1) is 0 Å². The van der Waals surface area contributed by atoms with Crippen LogP contribution in [0.15, 0.2) is 18.2 Å². The Morgan fingerprint density at radius 1 is 1.22 bits per heavy atom. The third kappa shape index (κ3) is 3.80. The Kier molecular flexibility index (Phi) is 4.78. The third-order valence-electron chi connectivity index (χ3n) is 4.16. The first-order valence-electron chi connectivity index (χ1n) is 7.72. The highest BCUT2D eigenvalue weighted by atomic mass is 16.5. The number of methoxy groups -OCH3 is 2. The van der Waals surface area contributed by atoms with Gasteiger partial charge in [-0.2, -0.15) is 0 Å². The molecule has 7 heteroatoms. The van der Waals surface area contributed by atoms with Gasteiger partial charge in [0.1, 0.15) is 11.6 Å². The molecule has 2 heterocycles. The van der Waals surface area contributed by atoms with Crippen LogP contribution in [0.5, 0.6) is 5.75 Å². The van der Waals surface area contributed by atoms with Gasteiger partial charge in [-0.1, -0.05) is 0 Å². The molecule has 1 aromatic carbocycles. The zero-order valence-electron chi connectivity index (χ0n) is 13.5. The quantitative estimate of drug-likeness (QED) is 0.825. The van der Waals surface area contributed by atoms with Crippen LogP contribution >= 0.6 is 0 Å². The number of ether oxygens (including phenoxy) is 2. The van der Waals surface area contributed by atoms with Crippen molar-refractivity contribution in [3.63, 3.8) is 0 Å². The van der Waals surface area contributed by atoms with Crippen LogP contribution in [-0.4, -0.2) is 72.7 Å². The zero-order valence-corrected chi connectivity index (χ0v) is 13.5. The standard InChI is InChI=1S/C16H22N4O3/c1-22-12-3-4-13-14(9-12)18-15(17-13)10-19-5-7-20(8-6-19)11-16(21)23-2/h3-4,9H,5-8,10-11H2,1-2H3,(H,17,18). The number of rotatable bonds is 5. The van der Waals surface area contributed by atoms with E-state index in [9.17, 15) is 4.79 Å². The van der Waals surface area contributed by atoms with Crippen molar-refractivity contribution in [2.75, 3.05) is 46.9 Å². The van der Waals surface area contributed by atoms with Gasteiger partial charge >= 0.3 is 5.97 Å². The number of fused-ring (bicyclic) bond motifs is 1. The van der Waals surface area contributed by atoms with Crippen LogP contribution in [0.2, 0.25) is 0 Å². The summed E-state index contributed by atoms with van der Waals surface area (Å²) in [6, 6.07) is 5.83. The number of hydrogen-bond acceptors (Lipinski definition) is 6. The number of carbonyl (C=O) groups is 1. The second-order valence-electron chi connectivity index (χ2n) is 5.70. The second kappa shape index (κ2) is 6.97. The number of carbonyl (C=O) groups excluding carboxylic acids is 1. The van der Waals surface area contributed by atoms with Gasteiger partial charge in [0.25, 0.3) is 0 Å². The summed E-state index contributed by atoms with van der Waals surface area (Å²) in [5.41, 5.74) is 1.94. The van der Waals surface area contributed by atoms with Crippen molar-refractivity contribution in [3.05, 3.63) is 24.0 Å². The number of piperazine rings is 1. The molecule has 0 aliphatic carbocycles. The molecule has 1 aromatic heterocycles. The van der Waals surface area contributed by atoms with E-state index in [1.807, 2.05) is 18.2 Å². The largest absolute Gasteiger partial charge is 0.497 e. The lowest BCUT2D eigenvalue weighted by atomic mass is 10.3. The average Bonchev–Trinajstić information content (AvgIpc) is 2.97. The Morgan fingerprint density at radius 2 is 1.96 bits per heavy atom. The van der Waals surface area contributed by atoms with E-state index in [0.717, 1.165) is 55.3 Å². The molecule has 1 aliphatic heterocycles. The molecule has 0 unspecified atom stereocenters. The van der Waals surface area contributed by atoms with E-state index >= 15 is 0 Å². The minimum Gasteiger partial charge on any atom is -0.497 e. The summed E-state index contributed by atoms with van der Waals surface area (Å²) in [6.07, 6.45) is 0. The number of esters is 1. The molecule has 3 rings (SSSR count). The predicted octanol–water partition coefficient (Wildman–Crippen LogP) is 0.862. The highest BCUT2D eigenvalue weighted by Gasteiger charge is 2.20. The Labute approximate surface area is 135 Å². The Morgan fingerprint density at radius 3 is 2.65 bits per heavy atom. The van der Waals surface area contributed by atoms with Gasteiger partial charge in [0.2, 0.25) is 0 Å². The lowest BCUT2D eigenvalue weighted by molar-refractivity contribution is -0.142. The molecule has 0 radical (unpaired) electrons. The van der Waals surface area contributed by atoms with E-state index in [-0.39, 0.29) is 5.97 Å². The summed E-state index contributed by atoms with van der Waals surface area (Å²) in [4.78, 5) is 23.7. The fourth-order valence-electron chi connectivity index (χ4n) is 2.81. The van der Waals surface area contributed by atoms with Gasteiger partial charge in [0.05, 0.1) is 38.3 Å². The minimum absolute atomic E-state index is 0.176. The molecule has 7 nitrogen and oxygen atoms in total. The van der Waals surface area contributed by atoms with E-state index in [1.54, 1.807) is 7.11 Å². The van der Waals surface area contributed by atoms with Gasteiger partial charge < -0.3 is 14.5 Å². The van der Waals surface area contributed by atoms with Crippen molar-refractivity contribution in [2.24, 2.45) is 0 Å². The van der Waals surface area contributed by atoms with E-state index in [1.165, 1.54) is 7.11 Å². The van der Waals surface area contributed by atoms with Gasteiger partial charge in [-0.3, -0.25) is 14.6 Å². The fourth-order valence-corrected chi connectivity index (χ4v) is 2.81. The van der Waals surface area contributed by atoms with Crippen LogP contribution < -0.4 is 4.74 Å². The summed E-state index contributed by atoms with van der Waals surface area (Å²) in [7, 11) is 3.08. The van der Waals surface area contributed by atoms with Crippen LogP contribution in [-0.2, 0) is 16.1 Å². The molecule has 23 heavy (non-hydrogen) atoms. The maximum absolute atomic E-state index is 11.3. The van der Waals surface area contributed by atoms with E-state index in [0.29, 0.717) is 6.54 Å². The van der Waals surface area contributed by atoms with Gasteiger partial charge in [0, 0.05) is 32.2 Å². The van der Waals surface area contributed by atoms with Crippen LogP contribution in [0.25, 0.3) is 11.0 Å². The Balaban J connectivity index is 1.57. The van der Waals surface area contributed by atoms with Crippen LogP contribution in [0.1, 0.15) is 5.82 Å². The summed E-state index contributed by atoms with van der Waals surface area (Å²) in [5.74, 6) is 1.60. The van der Waals surface area contributed by atoms with Crippen molar-refractivity contribution >= 4 is 17.0 Å². The minimum atomic E-state index is -0.176. The van der Waals surface area contributed by atoms with Crippen molar-refractivity contribution in [3.8, 4) is 5.75 Å². The first kappa shape index (κ1) is 15.8. The fraction of sp³-hybridized carbons (Fsp3) is 0.500. The molecule has 0 atom stereocenters. The molecule has 1 aliphatic rings. The SMILES string of the molecule is COC(=O)CN1CCN(Cc2nc3ccc(OC)cc3[nH]2)CC1. The summed E-state index contributed by atoms with van der Waals surface area (Å²) in [5, 5.41) is 0. The highest BCUT2D eigenvalue weighted by Crippen LogP contribution is 2.19. The maximum Gasteiger partial charge on any atom is 0.319 e. The number of imidazole rings is 1. The van der Waals surface area contributed by atoms with E-state index in [4.69, 9.17) is 9.47 Å². The Bertz CT molecular complexity index is 677. The topological polar surface area (TPSA) is 70.7 Å². The average molecular weight is 318 g/mol. The number of aromatic amines is 1. The third-order valence-corrected chi connectivity index (χ3v) is 4.16. The molecule has 0 saturated carbocycles. The molecule has 1 saturated heterocycles. The van der Waals surface area contributed by atoms with Crippen molar-refractivity contribution < 1.29 is 14.3 Å².